The van der Waals surface area contributed by atoms with Crippen molar-refractivity contribution in [2.24, 2.45) is 0 Å². The van der Waals surface area contributed by atoms with Gasteiger partial charge in [0.2, 0.25) is 21.1 Å². The number of aromatic nitrogens is 2. The van der Waals surface area contributed by atoms with E-state index < -0.39 is 22.0 Å². The van der Waals surface area contributed by atoms with Crippen molar-refractivity contribution in [3.63, 3.8) is 0 Å². The van der Waals surface area contributed by atoms with Crippen LogP contribution in [0.25, 0.3) is 0 Å². The Bertz CT molecular complexity index is 1120. The minimum Gasteiger partial charge on any atom is -0.497 e. The fraction of sp³-hybridized carbons (Fsp3) is 0.250. The molecule has 2 aromatic carbocycles. The third kappa shape index (κ3) is 6.18. The van der Waals surface area contributed by atoms with Crippen LogP contribution in [0.15, 0.2) is 58.9 Å². The first-order valence-electron chi connectivity index (χ1n) is 9.22. The fourth-order valence-corrected chi connectivity index (χ4v) is 5.67. The van der Waals surface area contributed by atoms with Crippen LogP contribution in [0.1, 0.15) is 12.5 Å². The van der Waals surface area contributed by atoms with E-state index in [1.165, 1.54) is 37.1 Å². The molecule has 0 spiro atoms. The molecule has 0 bridgehead atoms. The Hall–Kier alpha value is -2.63. The Labute approximate surface area is 189 Å². The molecule has 0 radical (unpaired) electrons. The van der Waals surface area contributed by atoms with E-state index in [4.69, 9.17) is 4.74 Å². The first kappa shape index (κ1) is 23.0. The average Bonchev–Trinajstić information content (AvgIpc) is 3.20. The standard InChI is InChI=1S/C20H22N4O4S3/c1-14(24(31(3,26)27)16-9-11-17(28-2)12-10-16)18(25)21-19-22-23-20(30-19)29-13-15-7-5-4-6-8-15/h4-12,14H,13H2,1-3H3,(H,21,22,25). The third-order valence-corrected chi connectivity index (χ3v) is 7.54. The lowest BCUT2D eigenvalue weighted by atomic mass is 10.2. The number of carbonyl (C=O) groups excluding carboxylic acids is 1. The van der Waals surface area contributed by atoms with Gasteiger partial charge in [0.1, 0.15) is 11.8 Å². The predicted molar refractivity (Wildman–Crippen MR) is 124 cm³/mol. The number of benzene rings is 2. The van der Waals surface area contributed by atoms with E-state index in [0.29, 0.717) is 20.9 Å². The van der Waals surface area contributed by atoms with Crippen molar-refractivity contribution in [1.29, 1.82) is 0 Å². The quantitative estimate of drug-likeness (QED) is 0.370. The van der Waals surface area contributed by atoms with E-state index in [-0.39, 0.29) is 0 Å². The molecule has 0 aliphatic rings. The van der Waals surface area contributed by atoms with E-state index in [1.54, 1.807) is 24.3 Å². The minimum absolute atomic E-state index is 0.315. The first-order valence-corrected chi connectivity index (χ1v) is 12.9. The number of hydrogen-bond donors (Lipinski definition) is 1. The van der Waals surface area contributed by atoms with Crippen molar-refractivity contribution in [1.82, 2.24) is 10.2 Å². The molecule has 11 heteroatoms. The van der Waals surface area contributed by atoms with Crippen LogP contribution < -0.4 is 14.4 Å². The highest BCUT2D eigenvalue weighted by molar-refractivity contribution is 8.00. The van der Waals surface area contributed by atoms with Gasteiger partial charge in [0.25, 0.3) is 0 Å². The Morgan fingerprint density at radius 3 is 2.45 bits per heavy atom. The summed E-state index contributed by atoms with van der Waals surface area (Å²) in [5, 5.41) is 11.1. The van der Waals surface area contributed by atoms with Crippen molar-refractivity contribution in [2.75, 3.05) is 23.0 Å². The van der Waals surface area contributed by atoms with Crippen molar-refractivity contribution < 1.29 is 17.9 Å². The number of amides is 1. The lowest BCUT2D eigenvalue weighted by Crippen LogP contribution is -2.45. The summed E-state index contributed by atoms with van der Waals surface area (Å²) in [5.74, 6) is 0.819. The maximum Gasteiger partial charge on any atom is 0.249 e. The van der Waals surface area contributed by atoms with E-state index in [1.807, 2.05) is 30.3 Å². The van der Waals surface area contributed by atoms with Crippen molar-refractivity contribution in [2.45, 2.75) is 23.1 Å². The van der Waals surface area contributed by atoms with Gasteiger partial charge >= 0.3 is 0 Å². The summed E-state index contributed by atoms with van der Waals surface area (Å²) in [5.41, 5.74) is 1.52. The van der Waals surface area contributed by atoms with E-state index in [9.17, 15) is 13.2 Å². The van der Waals surface area contributed by atoms with Gasteiger partial charge in [-0.05, 0) is 36.8 Å². The SMILES string of the molecule is COc1ccc(N(C(C)C(=O)Nc2nnc(SCc3ccccc3)s2)S(C)(=O)=O)cc1. The molecule has 0 saturated heterocycles. The summed E-state index contributed by atoms with van der Waals surface area (Å²) in [6.07, 6.45) is 1.06. The molecule has 1 amide bonds. The van der Waals surface area contributed by atoms with Gasteiger partial charge in [0, 0.05) is 5.75 Å². The van der Waals surface area contributed by atoms with Crippen LogP contribution in [0.5, 0.6) is 5.75 Å². The smallest absolute Gasteiger partial charge is 0.249 e. The van der Waals surface area contributed by atoms with Crippen LogP contribution >= 0.6 is 23.1 Å². The summed E-state index contributed by atoms with van der Waals surface area (Å²) < 4.78 is 31.7. The number of nitrogens with zero attached hydrogens (tertiary/aromatic N) is 3. The van der Waals surface area contributed by atoms with Crippen LogP contribution in [0.3, 0.4) is 0 Å². The number of rotatable bonds is 9. The largest absolute Gasteiger partial charge is 0.497 e. The molecule has 3 aromatic rings. The van der Waals surface area contributed by atoms with Gasteiger partial charge in [-0.2, -0.15) is 0 Å². The zero-order valence-corrected chi connectivity index (χ0v) is 19.6. The lowest BCUT2D eigenvalue weighted by molar-refractivity contribution is -0.116. The zero-order valence-electron chi connectivity index (χ0n) is 17.2. The van der Waals surface area contributed by atoms with Gasteiger partial charge in [-0.3, -0.25) is 14.4 Å². The van der Waals surface area contributed by atoms with Crippen LogP contribution in [0, 0.1) is 0 Å². The number of carbonyl (C=O) groups is 1. The molecule has 1 atom stereocenters. The molecule has 8 nitrogen and oxygen atoms in total. The van der Waals surface area contributed by atoms with Crippen LogP contribution in [-0.2, 0) is 20.6 Å². The second-order valence-electron chi connectivity index (χ2n) is 6.57. The molecule has 1 unspecified atom stereocenters. The average molecular weight is 479 g/mol. The van der Waals surface area contributed by atoms with Crippen molar-refractivity contribution in [3.8, 4) is 5.75 Å². The molecule has 31 heavy (non-hydrogen) atoms. The van der Waals surface area contributed by atoms with Crippen LogP contribution in [0.4, 0.5) is 10.8 Å². The third-order valence-electron chi connectivity index (χ3n) is 4.26. The predicted octanol–water partition coefficient (Wildman–Crippen LogP) is 3.63. The summed E-state index contributed by atoms with van der Waals surface area (Å²) >= 11 is 2.76. The number of sulfonamides is 1. The molecule has 0 saturated carbocycles. The summed E-state index contributed by atoms with van der Waals surface area (Å²) in [7, 11) is -2.19. The maximum atomic E-state index is 12.8. The summed E-state index contributed by atoms with van der Waals surface area (Å²) in [4.78, 5) is 12.8. The Balaban J connectivity index is 1.68. The Morgan fingerprint density at radius 2 is 1.84 bits per heavy atom. The zero-order chi connectivity index (χ0) is 22.4. The molecular weight excluding hydrogens is 456 g/mol. The van der Waals surface area contributed by atoms with Gasteiger partial charge in [-0.15, -0.1) is 10.2 Å². The second-order valence-corrected chi connectivity index (χ2v) is 10.6. The molecule has 3 rings (SSSR count). The molecule has 164 valence electrons. The second kappa shape index (κ2) is 10.1. The van der Waals surface area contributed by atoms with Gasteiger partial charge in [0.05, 0.1) is 19.1 Å². The van der Waals surface area contributed by atoms with E-state index in [2.05, 4.69) is 15.5 Å². The van der Waals surface area contributed by atoms with E-state index in [0.717, 1.165) is 21.9 Å². The minimum atomic E-state index is -3.71. The van der Waals surface area contributed by atoms with Crippen molar-refractivity contribution in [3.05, 3.63) is 60.2 Å². The molecule has 1 aromatic heterocycles. The molecule has 0 aliphatic heterocycles. The van der Waals surface area contributed by atoms with Gasteiger partial charge in [0.15, 0.2) is 4.34 Å². The first-order chi connectivity index (χ1) is 14.8. The monoisotopic (exact) mass is 478 g/mol. The number of anilines is 2. The van der Waals surface area contributed by atoms with Gasteiger partial charge in [-0.25, -0.2) is 8.42 Å². The molecule has 0 fully saturated rings. The van der Waals surface area contributed by atoms with Crippen molar-refractivity contribution >= 4 is 49.8 Å². The normalized spacial score (nSPS) is 12.2. The number of methoxy groups -OCH3 is 1. The molecule has 1 N–H and O–H groups in total. The molecule has 1 heterocycles. The number of nitrogens with one attached hydrogen (secondary N) is 1. The summed E-state index contributed by atoms with van der Waals surface area (Å²) in [6.45, 7) is 1.52. The van der Waals surface area contributed by atoms with Gasteiger partial charge in [-0.1, -0.05) is 53.4 Å². The fourth-order valence-electron chi connectivity index (χ4n) is 2.79. The topological polar surface area (TPSA) is 101 Å². The maximum absolute atomic E-state index is 12.8. The number of thioether (sulfide) groups is 1. The number of hydrogen-bond acceptors (Lipinski definition) is 8. The highest BCUT2D eigenvalue weighted by Gasteiger charge is 2.29. The highest BCUT2D eigenvalue weighted by atomic mass is 32.2. The lowest BCUT2D eigenvalue weighted by Gasteiger charge is -2.27. The number of ether oxygens (including phenoxy) is 1. The van der Waals surface area contributed by atoms with Gasteiger partial charge < -0.3 is 4.74 Å². The van der Waals surface area contributed by atoms with E-state index >= 15 is 0 Å². The molecular formula is C20H22N4O4S3. The Morgan fingerprint density at radius 1 is 1.16 bits per heavy atom. The highest BCUT2D eigenvalue weighted by Crippen LogP contribution is 2.29. The molecule has 0 aliphatic carbocycles. The van der Waals surface area contributed by atoms with Crippen LogP contribution in [0.2, 0.25) is 0 Å². The summed E-state index contributed by atoms with van der Waals surface area (Å²) in [6, 6.07) is 15.4. The van der Waals surface area contributed by atoms with Crippen LogP contribution in [-0.4, -0.2) is 43.9 Å². The Kier molecular flexibility index (Phi) is 7.52.